The van der Waals surface area contributed by atoms with E-state index in [9.17, 15) is 22.8 Å². The van der Waals surface area contributed by atoms with Gasteiger partial charge in [0.25, 0.3) is 5.91 Å². The molecule has 0 bridgehead atoms. The van der Waals surface area contributed by atoms with Crippen molar-refractivity contribution in [3.63, 3.8) is 0 Å². The molecule has 2 aliphatic rings. The van der Waals surface area contributed by atoms with Crippen molar-refractivity contribution in [1.82, 2.24) is 10.2 Å². The van der Waals surface area contributed by atoms with E-state index in [1.165, 1.54) is 18.2 Å². The summed E-state index contributed by atoms with van der Waals surface area (Å²) in [4.78, 5) is 29.2. The summed E-state index contributed by atoms with van der Waals surface area (Å²) >= 11 is 0. The van der Waals surface area contributed by atoms with Crippen LogP contribution in [0, 0.1) is 6.92 Å². The number of rotatable bonds is 7. The molecule has 0 aromatic heterocycles. The van der Waals surface area contributed by atoms with E-state index >= 15 is 0 Å². The highest BCUT2D eigenvalue weighted by Gasteiger charge is 2.31. The summed E-state index contributed by atoms with van der Waals surface area (Å²) in [7, 11) is 0. The van der Waals surface area contributed by atoms with E-state index in [0.29, 0.717) is 50.3 Å². The Morgan fingerprint density at radius 2 is 1.59 bits per heavy atom. The second-order valence-electron chi connectivity index (χ2n) is 12.4. The van der Waals surface area contributed by atoms with Crippen molar-refractivity contribution in [3.05, 3.63) is 77.4 Å². The van der Waals surface area contributed by atoms with E-state index in [1.54, 1.807) is 11.0 Å². The molecule has 238 valence electrons. The predicted molar refractivity (Wildman–Crippen MR) is 166 cm³/mol. The Morgan fingerprint density at radius 1 is 0.955 bits per heavy atom. The summed E-state index contributed by atoms with van der Waals surface area (Å²) in [6.07, 6.45) is 1.35. The lowest BCUT2D eigenvalue weighted by atomic mass is 10.0. The molecule has 0 aliphatic carbocycles. The standard InChI is InChI=1S/C34H42F3N3O4/c1-6-24(31(41)38-27-13-17-40(18-14-27)32(42)44-33(3,4)5)21-25-22-30(12-7-23(25)2)43-29-15-19-39(20-16-29)28-10-8-26(9-11-28)34(35,36)37/h6-12,21-22,27,29H,1,13-20H2,2-5H3,(H,38,41)/b24-21+. The fourth-order valence-corrected chi connectivity index (χ4v) is 5.32. The molecule has 0 atom stereocenters. The minimum absolute atomic E-state index is 0.0334. The maximum Gasteiger partial charge on any atom is 0.416 e. The van der Waals surface area contributed by atoms with Gasteiger partial charge in [0, 0.05) is 56.3 Å². The Kier molecular flexibility index (Phi) is 10.3. The smallest absolute Gasteiger partial charge is 0.416 e. The van der Waals surface area contributed by atoms with Crippen LogP contribution in [0.4, 0.5) is 23.7 Å². The molecular formula is C34H42F3N3O4. The number of carbonyl (C=O) groups excluding carboxylic acids is 2. The molecule has 1 N–H and O–H groups in total. The lowest BCUT2D eigenvalue weighted by Crippen LogP contribution is -2.48. The van der Waals surface area contributed by atoms with Crippen molar-refractivity contribution in [3.8, 4) is 5.75 Å². The van der Waals surface area contributed by atoms with Gasteiger partial charge < -0.3 is 24.6 Å². The van der Waals surface area contributed by atoms with E-state index in [2.05, 4.69) is 16.8 Å². The topological polar surface area (TPSA) is 71.1 Å². The van der Waals surface area contributed by atoms with Gasteiger partial charge in [-0.25, -0.2) is 4.79 Å². The summed E-state index contributed by atoms with van der Waals surface area (Å²) in [5.41, 5.74) is 1.82. The van der Waals surface area contributed by atoms with Crippen LogP contribution < -0.4 is 15.0 Å². The molecule has 2 heterocycles. The normalized spacial score (nSPS) is 17.3. The maximum atomic E-state index is 13.1. The fraction of sp³-hybridized carbons (Fsp3) is 0.471. The molecule has 2 aromatic rings. The van der Waals surface area contributed by atoms with Crippen LogP contribution in [0.5, 0.6) is 5.75 Å². The van der Waals surface area contributed by atoms with E-state index in [4.69, 9.17) is 9.47 Å². The molecule has 2 aliphatic heterocycles. The molecular weight excluding hydrogens is 571 g/mol. The molecule has 2 amide bonds. The van der Waals surface area contributed by atoms with Gasteiger partial charge in [0.1, 0.15) is 17.5 Å². The zero-order chi connectivity index (χ0) is 32.1. The number of ether oxygens (including phenoxy) is 2. The van der Waals surface area contributed by atoms with Crippen molar-refractivity contribution in [2.24, 2.45) is 0 Å². The molecule has 0 unspecified atom stereocenters. The number of likely N-dealkylation sites (tertiary alicyclic amines) is 1. The van der Waals surface area contributed by atoms with Crippen molar-refractivity contribution in [2.45, 2.75) is 77.3 Å². The number of hydrogen-bond donors (Lipinski definition) is 1. The van der Waals surface area contributed by atoms with Crippen LogP contribution in [0.3, 0.4) is 0 Å². The van der Waals surface area contributed by atoms with Crippen LogP contribution in [-0.4, -0.2) is 60.8 Å². The maximum absolute atomic E-state index is 13.1. The average Bonchev–Trinajstić information content (AvgIpc) is 2.97. The van der Waals surface area contributed by atoms with Gasteiger partial charge in [-0.05, 0) is 94.1 Å². The number of carbonyl (C=O) groups is 2. The Hall–Kier alpha value is -3.95. The number of nitrogens with one attached hydrogen (secondary N) is 1. The Balaban J connectivity index is 1.31. The molecule has 7 nitrogen and oxygen atoms in total. The number of alkyl halides is 3. The molecule has 2 saturated heterocycles. The van der Waals surface area contributed by atoms with Gasteiger partial charge in [0.05, 0.1) is 5.56 Å². The highest BCUT2D eigenvalue weighted by Crippen LogP contribution is 2.32. The highest BCUT2D eigenvalue weighted by molar-refractivity contribution is 6.00. The fourth-order valence-electron chi connectivity index (χ4n) is 5.32. The summed E-state index contributed by atoms with van der Waals surface area (Å²) < 4.78 is 50.4. The van der Waals surface area contributed by atoms with Crippen molar-refractivity contribution in [2.75, 3.05) is 31.1 Å². The van der Waals surface area contributed by atoms with E-state index < -0.39 is 17.3 Å². The number of piperidine rings is 2. The number of aryl methyl sites for hydroxylation is 1. The molecule has 0 spiro atoms. The lowest BCUT2D eigenvalue weighted by Gasteiger charge is -2.34. The van der Waals surface area contributed by atoms with Crippen molar-refractivity contribution >= 4 is 23.8 Å². The second-order valence-corrected chi connectivity index (χ2v) is 12.4. The SMILES string of the molecule is C=C/C(=C\c1cc(OC2CCN(c3ccc(C(F)(F)F)cc3)CC2)ccc1C)C(=O)NC1CCN(C(=O)OC(C)(C)C)CC1. The van der Waals surface area contributed by atoms with Crippen LogP contribution >= 0.6 is 0 Å². The third kappa shape index (κ3) is 9.03. The van der Waals surface area contributed by atoms with Crippen LogP contribution in [0.25, 0.3) is 6.08 Å². The number of amides is 2. The first-order chi connectivity index (χ1) is 20.7. The number of hydrogen-bond acceptors (Lipinski definition) is 5. The third-order valence-corrected chi connectivity index (χ3v) is 7.83. The molecule has 4 rings (SSSR count). The zero-order valence-electron chi connectivity index (χ0n) is 25.9. The summed E-state index contributed by atoms with van der Waals surface area (Å²) in [5.74, 6) is 0.463. The number of halogens is 3. The summed E-state index contributed by atoms with van der Waals surface area (Å²) in [6.45, 7) is 13.7. The Morgan fingerprint density at radius 3 is 2.16 bits per heavy atom. The molecule has 2 fully saturated rings. The van der Waals surface area contributed by atoms with E-state index in [-0.39, 0.29) is 24.1 Å². The number of anilines is 1. The van der Waals surface area contributed by atoms with Gasteiger partial charge in [-0.2, -0.15) is 13.2 Å². The zero-order valence-corrected chi connectivity index (χ0v) is 25.9. The predicted octanol–water partition coefficient (Wildman–Crippen LogP) is 7.15. The van der Waals surface area contributed by atoms with Gasteiger partial charge in [-0.1, -0.05) is 18.7 Å². The minimum atomic E-state index is -4.35. The monoisotopic (exact) mass is 613 g/mol. The Bertz CT molecular complexity index is 1350. The summed E-state index contributed by atoms with van der Waals surface area (Å²) in [6, 6.07) is 11.0. The largest absolute Gasteiger partial charge is 0.490 e. The van der Waals surface area contributed by atoms with Crippen LogP contribution in [0.1, 0.15) is 63.1 Å². The highest BCUT2D eigenvalue weighted by atomic mass is 19.4. The van der Waals surface area contributed by atoms with Gasteiger partial charge >= 0.3 is 12.3 Å². The van der Waals surface area contributed by atoms with Gasteiger partial charge in [-0.3, -0.25) is 4.79 Å². The van der Waals surface area contributed by atoms with Gasteiger partial charge in [-0.15, -0.1) is 0 Å². The van der Waals surface area contributed by atoms with Crippen molar-refractivity contribution < 1.29 is 32.2 Å². The quantitative estimate of drug-likeness (QED) is 0.265. The van der Waals surface area contributed by atoms with Crippen molar-refractivity contribution in [1.29, 1.82) is 0 Å². The first-order valence-electron chi connectivity index (χ1n) is 15.0. The minimum Gasteiger partial charge on any atom is -0.490 e. The Labute approximate surface area is 257 Å². The van der Waals surface area contributed by atoms with Crippen LogP contribution in [0.15, 0.2) is 60.7 Å². The first-order valence-corrected chi connectivity index (χ1v) is 15.0. The molecule has 0 saturated carbocycles. The first kappa shape index (κ1) is 33.0. The molecule has 44 heavy (non-hydrogen) atoms. The van der Waals surface area contributed by atoms with Crippen LogP contribution in [0.2, 0.25) is 0 Å². The van der Waals surface area contributed by atoms with Gasteiger partial charge in [0.15, 0.2) is 0 Å². The number of benzene rings is 2. The molecule has 10 heteroatoms. The summed E-state index contributed by atoms with van der Waals surface area (Å²) in [5, 5.41) is 3.08. The van der Waals surface area contributed by atoms with E-state index in [0.717, 1.165) is 41.8 Å². The van der Waals surface area contributed by atoms with Gasteiger partial charge in [0.2, 0.25) is 0 Å². The average molecular weight is 614 g/mol. The number of nitrogens with zero attached hydrogens (tertiary/aromatic N) is 2. The molecule has 0 radical (unpaired) electrons. The van der Waals surface area contributed by atoms with E-state index in [1.807, 2.05) is 45.9 Å². The lowest BCUT2D eigenvalue weighted by molar-refractivity contribution is -0.137. The third-order valence-electron chi connectivity index (χ3n) is 7.83. The van der Waals surface area contributed by atoms with Crippen LogP contribution in [-0.2, 0) is 15.7 Å². The molecule has 2 aromatic carbocycles. The second kappa shape index (κ2) is 13.8.